The van der Waals surface area contributed by atoms with Crippen LogP contribution >= 0.6 is 15.9 Å². The van der Waals surface area contributed by atoms with Gasteiger partial charge in [0.1, 0.15) is 5.75 Å². The van der Waals surface area contributed by atoms with Gasteiger partial charge in [0.2, 0.25) is 5.91 Å². The third kappa shape index (κ3) is 4.62. The van der Waals surface area contributed by atoms with Crippen LogP contribution in [0.2, 0.25) is 0 Å². The van der Waals surface area contributed by atoms with Crippen LogP contribution in [0.5, 0.6) is 5.75 Å². The molecule has 0 aromatic heterocycles. The molecule has 4 rings (SSSR count). The number of rotatable bonds is 6. The average molecular weight is 430 g/mol. The number of amides is 1. The van der Waals surface area contributed by atoms with Crippen LogP contribution in [-0.4, -0.2) is 50.1 Å². The normalized spacial score (nSPS) is 16.9. The van der Waals surface area contributed by atoms with Gasteiger partial charge in [0.25, 0.3) is 0 Å². The second kappa shape index (κ2) is 8.31. The number of carbonyl (C=O) groups excluding carboxylic acids is 1. The standard InChI is InChI=1S/C21H24BrN3O2/c22-17-2-4-18(5-3-17)25-11-9-24(10-12-25)8-1-13-27-19-6-7-20-16(14-19)15-21(26)23-20/h2-7,14H,1,8-13,15H2,(H,23,26). The van der Waals surface area contributed by atoms with Crippen LogP contribution < -0.4 is 15.0 Å². The SMILES string of the molecule is O=C1Cc2cc(OCCCN3CCN(c4ccc(Br)cc4)CC3)ccc2N1. The summed E-state index contributed by atoms with van der Waals surface area (Å²) in [7, 11) is 0. The predicted octanol–water partition coefficient (Wildman–Crippen LogP) is 3.53. The molecule has 0 unspecified atom stereocenters. The maximum Gasteiger partial charge on any atom is 0.228 e. The van der Waals surface area contributed by atoms with Crippen LogP contribution in [0.25, 0.3) is 0 Å². The molecular weight excluding hydrogens is 406 g/mol. The summed E-state index contributed by atoms with van der Waals surface area (Å²) in [5, 5.41) is 2.85. The first-order chi connectivity index (χ1) is 13.2. The van der Waals surface area contributed by atoms with E-state index in [4.69, 9.17) is 4.74 Å². The lowest BCUT2D eigenvalue weighted by Crippen LogP contribution is -2.46. The van der Waals surface area contributed by atoms with Crippen molar-refractivity contribution in [3.63, 3.8) is 0 Å². The third-order valence-corrected chi connectivity index (χ3v) is 5.68. The number of fused-ring (bicyclic) bond motifs is 1. The molecule has 2 heterocycles. The van der Waals surface area contributed by atoms with E-state index in [-0.39, 0.29) is 5.91 Å². The van der Waals surface area contributed by atoms with E-state index in [1.165, 1.54) is 5.69 Å². The zero-order valence-corrected chi connectivity index (χ0v) is 16.9. The summed E-state index contributed by atoms with van der Waals surface area (Å²) in [5.74, 6) is 0.912. The smallest absolute Gasteiger partial charge is 0.228 e. The summed E-state index contributed by atoms with van der Waals surface area (Å²) in [6, 6.07) is 14.4. The van der Waals surface area contributed by atoms with Crippen LogP contribution in [0.1, 0.15) is 12.0 Å². The molecule has 0 bridgehead atoms. The summed E-state index contributed by atoms with van der Waals surface area (Å²) in [4.78, 5) is 16.4. The van der Waals surface area contributed by atoms with Crippen LogP contribution in [0.4, 0.5) is 11.4 Å². The molecule has 0 aliphatic carbocycles. The highest BCUT2D eigenvalue weighted by Gasteiger charge is 2.18. The molecule has 1 fully saturated rings. The lowest BCUT2D eigenvalue weighted by atomic mass is 10.1. The van der Waals surface area contributed by atoms with Crippen molar-refractivity contribution in [1.29, 1.82) is 0 Å². The van der Waals surface area contributed by atoms with E-state index < -0.39 is 0 Å². The Labute approximate surface area is 168 Å². The number of ether oxygens (including phenoxy) is 1. The summed E-state index contributed by atoms with van der Waals surface area (Å²) in [6.45, 7) is 6.06. The molecule has 0 radical (unpaired) electrons. The molecule has 2 aromatic rings. The summed E-state index contributed by atoms with van der Waals surface area (Å²) < 4.78 is 7.00. The number of nitrogens with zero attached hydrogens (tertiary/aromatic N) is 2. The molecule has 5 nitrogen and oxygen atoms in total. The van der Waals surface area contributed by atoms with Gasteiger partial charge < -0.3 is 15.0 Å². The molecular formula is C21H24BrN3O2. The molecule has 6 heteroatoms. The maximum absolute atomic E-state index is 11.4. The van der Waals surface area contributed by atoms with Crippen molar-refractivity contribution in [3.05, 3.63) is 52.5 Å². The number of anilines is 2. The van der Waals surface area contributed by atoms with Gasteiger partial charge in [-0.1, -0.05) is 15.9 Å². The molecule has 27 heavy (non-hydrogen) atoms. The lowest BCUT2D eigenvalue weighted by Gasteiger charge is -2.36. The van der Waals surface area contributed by atoms with E-state index in [2.05, 4.69) is 55.3 Å². The van der Waals surface area contributed by atoms with Gasteiger partial charge in [-0.25, -0.2) is 0 Å². The largest absolute Gasteiger partial charge is 0.494 e. The van der Waals surface area contributed by atoms with Gasteiger partial charge in [-0.15, -0.1) is 0 Å². The van der Waals surface area contributed by atoms with Crippen molar-refractivity contribution in [1.82, 2.24) is 4.90 Å². The van der Waals surface area contributed by atoms with Crippen molar-refractivity contribution in [2.24, 2.45) is 0 Å². The fourth-order valence-electron chi connectivity index (χ4n) is 3.66. The minimum Gasteiger partial charge on any atom is -0.494 e. The van der Waals surface area contributed by atoms with Gasteiger partial charge in [0, 0.05) is 48.6 Å². The number of nitrogens with one attached hydrogen (secondary N) is 1. The molecule has 2 aliphatic rings. The first-order valence-electron chi connectivity index (χ1n) is 9.46. The highest BCUT2D eigenvalue weighted by Crippen LogP contribution is 2.27. The van der Waals surface area contributed by atoms with E-state index in [9.17, 15) is 4.79 Å². The molecule has 2 aromatic carbocycles. The molecule has 1 amide bonds. The topological polar surface area (TPSA) is 44.8 Å². The van der Waals surface area contributed by atoms with Crippen LogP contribution in [0, 0.1) is 0 Å². The molecule has 0 spiro atoms. The van der Waals surface area contributed by atoms with E-state index in [0.29, 0.717) is 13.0 Å². The van der Waals surface area contributed by atoms with Gasteiger partial charge in [-0.05, 0) is 54.4 Å². The van der Waals surface area contributed by atoms with E-state index >= 15 is 0 Å². The predicted molar refractivity (Wildman–Crippen MR) is 112 cm³/mol. The van der Waals surface area contributed by atoms with Crippen molar-refractivity contribution in [2.75, 3.05) is 49.5 Å². The third-order valence-electron chi connectivity index (χ3n) is 5.15. The van der Waals surface area contributed by atoms with Crippen molar-refractivity contribution in [3.8, 4) is 5.75 Å². The van der Waals surface area contributed by atoms with Gasteiger partial charge in [0.05, 0.1) is 13.0 Å². The quantitative estimate of drug-likeness (QED) is 0.713. The second-order valence-electron chi connectivity index (χ2n) is 7.05. The maximum atomic E-state index is 11.4. The lowest BCUT2D eigenvalue weighted by molar-refractivity contribution is -0.115. The molecule has 2 aliphatic heterocycles. The van der Waals surface area contributed by atoms with E-state index in [0.717, 1.165) is 60.6 Å². The Kier molecular flexibility index (Phi) is 5.64. The van der Waals surface area contributed by atoms with Crippen molar-refractivity contribution in [2.45, 2.75) is 12.8 Å². The monoisotopic (exact) mass is 429 g/mol. The minimum absolute atomic E-state index is 0.0597. The summed E-state index contributed by atoms with van der Waals surface area (Å²) in [6.07, 6.45) is 1.46. The highest BCUT2D eigenvalue weighted by atomic mass is 79.9. The number of halogens is 1. The molecule has 142 valence electrons. The van der Waals surface area contributed by atoms with Crippen LogP contribution in [0.3, 0.4) is 0 Å². The Morgan fingerprint density at radius 1 is 1.04 bits per heavy atom. The Bertz CT molecular complexity index is 802. The van der Waals surface area contributed by atoms with E-state index in [1.54, 1.807) is 0 Å². The van der Waals surface area contributed by atoms with Gasteiger partial charge >= 0.3 is 0 Å². The first kappa shape index (κ1) is 18.3. The number of piperazine rings is 1. The molecule has 1 N–H and O–H groups in total. The average Bonchev–Trinajstić information content (AvgIpc) is 3.06. The number of hydrogen-bond donors (Lipinski definition) is 1. The molecule has 0 atom stereocenters. The minimum atomic E-state index is 0.0597. The fourth-order valence-corrected chi connectivity index (χ4v) is 3.92. The summed E-state index contributed by atoms with van der Waals surface area (Å²) >= 11 is 3.49. The zero-order valence-electron chi connectivity index (χ0n) is 15.3. The number of hydrogen-bond acceptors (Lipinski definition) is 4. The Balaban J connectivity index is 1.17. The second-order valence-corrected chi connectivity index (χ2v) is 7.97. The zero-order chi connectivity index (χ0) is 18.6. The Hall–Kier alpha value is -2.05. The Morgan fingerprint density at radius 2 is 1.81 bits per heavy atom. The number of carbonyl (C=O) groups is 1. The van der Waals surface area contributed by atoms with Crippen LogP contribution in [-0.2, 0) is 11.2 Å². The van der Waals surface area contributed by atoms with E-state index in [1.807, 2.05) is 18.2 Å². The van der Waals surface area contributed by atoms with Gasteiger partial charge in [-0.2, -0.15) is 0 Å². The number of benzene rings is 2. The van der Waals surface area contributed by atoms with Gasteiger partial charge in [-0.3, -0.25) is 9.69 Å². The first-order valence-corrected chi connectivity index (χ1v) is 10.3. The van der Waals surface area contributed by atoms with Gasteiger partial charge in [0.15, 0.2) is 0 Å². The molecule has 0 saturated carbocycles. The van der Waals surface area contributed by atoms with Crippen molar-refractivity contribution < 1.29 is 9.53 Å². The van der Waals surface area contributed by atoms with Crippen LogP contribution in [0.15, 0.2) is 46.9 Å². The van der Waals surface area contributed by atoms with Crippen molar-refractivity contribution >= 4 is 33.2 Å². The Morgan fingerprint density at radius 3 is 2.59 bits per heavy atom. The molecule has 1 saturated heterocycles. The summed E-state index contributed by atoms with van der Waals surface area (Å²) in [5.41, 5.74) is 3.24. The highest BCUT2D eigenvalue weighted by molar-refractivity contribution is 9.10. The fraction of sp³-hybridized carbons (Fsp3) is 0.381.